The molecule has 0 aliphatic rings. The van der Waals surface area contributed by atoms with E-state index in [0.29, 0.717) is 0 Å². The van der Waals surface area contributed by atoms with Gasteiger partial charge in [-0.05, 0) is 42.8 Å². The second kappa shape index (κ2) is 7.21. The Labute approximate surface area is 141 Å². The van der Waals surface area contributed by atoms with Gasteiger partial charge in [-0.25, -0.2) is 4.79 Å². The minimum atomic E-state index is -4.47. The quantitative estimate of drug-likeness (QED) is 0.802. The van der Waals surface area contributed by atoms with Crippen molar-refractivity contribution in [3.05, 3.63) is 70.8 Å². The van der Waals surface area contributed by atoms with Crippen LogP contribution in [0.3, 0.4) is 0 Å². The third-order valence-electron chi connectivity index (χ3n) is 3.36. The lowest BCUT2D eigenvalue weighted by Crippen LogP contribution is -2.15. The molecule has 0 saturated heterocycles. The number of benzene rings is 2. The van der Waals surface area contributed by atoms with E-state index in [9.17, 15) is 22.8 Å². The molecule has 0 unspecified atom stereocenters. The van der Waals surface area contributed by atoms with E-state index in [1.807, 2.05) is 0 Å². The highest BCUT2D eigenvalue weighted by Crippen LogP contribution is 2.30. The predicted molar refractivity (Wildman–Crippen MR) is 87.1 cm³/mol. The highest BCUT2D eigenvalue weighted by atomic mass is 19.4. The second-order valence-corrected chi connectivity index (χ2v) is 5.26. The van der Waals surface area contributed by atoms with Gasteiger partial charge in [0.2, 0.25) is 0 Å². The molecule has 2 aromatic carbocycles. The van der Waals surface area contributed by atoms with Crippen molar-refractivity contribution >= 4 is 23.6 Å². The van der Waals surface area contributed by atoms with E-state index in [4.69, 9.17) is 5.11 Å². The van der Waals surface area contributed by atoms with Crippen molar-refractivity contribution in [1.29, 1.82) is 0 Å². The molecular formula is C18H14F3NO3. The van der Waals surface area contributed by atoms with Gasteiger partial charge in [0, 0.05) is 5.57 Å². The number of amides is 1. The maximum absolute atomic E-state index is 12.7. The van der Waals surface area contributed by atoms with Gasteiger partial charge < -0.3 is 10.4 Å². The number of hydrogen-bond donors (Lipinski definition) is 2. The highest BCUT2D eigenvalue weighted by Gasteiger charge is 2.30. The van der Waals surface area contributed by atoms with E-state index in [0.717, 1.165) is 12.1 Å². The summed E-state index contributed by atoms with van der Waals surface area (Å²) in [6.07, 6.45) is -3.17. The molecule has 0 radical (unpaired) electrons. The Bertz CT molecular complexity index is 841. The molecule has 0 bridgehead atoms. The van der Waals surface area contributed by atoms with Crippen LogP contribution in [0.5, 0.6) is 0 Å². The molecule has 2 rings (SSSR count). The van der Waals surface area contributed by atoms with Gasteiger partial charge in [-0.3, -0.25) is 4.79 Å². The van der Waals surface area contributed by atoms with Crippen LogP contribution < -0.4 is 5.32 Å². The fourth-order valence-corrected chi connectivity index (χ4v) is 2.12. The van der Waals surface area contributed by atoms with Crippen LogP contribution >= 0.6 is 0 Å². The molecule has 0 spiro atoms. The number of hydrogen-bond acceptors (Lipinski definition) is 2. The van der Waals surface area contributed by atoms with Crippen molar-refractivity contribution in [3.63, 3.8) is 0 Å². The van der Waals surface area contributed by atoms with Crippen molar-refractivity contribution in [2.75, 3.05) is 5.32 Å². The Balaban J connectivity index is 2.23. The molecule has 0 fully saturated rings. The number of rotatable bonds is 4. The van der Waals surface area contributed by atoms with Gasteiger partial charge in [-0.2, -0.15) is 13.2 Å². The van der Waals surface area contributed by atoms with E-state index in [1.54, 1.807) is 6.07 Å². The molecule has 25 heavy (non-hydrogen) atoms. The largest absolute Gasteiger partial charge is 0.478 e. The van der Waals surface area contributed by atoms with Crippen LogP contribution in [0.15, 0.2) is 54.1 Å². The second-order valence-electron chi connectivity index (χ2n) is 5.26. The molecule has 2 aromatic rings. The topological polar surface area (TPSA) is 66.4 Å². The first-order chi connectivity index (χ1) is 11.7. The van der Waals surface area contributed by atoms with Crippen LogP contribution in [0.4, 0.5) is 18.9 Å². The number of carboxylic acid groups (broad SMARTS) is 1. The van der Waals surface area contributed by atoms with Gasteiger partial charge in [0.15, 0.2) is 0 Å². The Morgan fingerprint density at radius 1 is 1.08 bits per heavy atom. The highest BCUT2D eigenvalue weighted by molar-refractivity contribution is 6.09. The lowest BCUT2D eigenvalue weighted by atomic mass is 10.1. The van der Waals surface area contributed by atoms with Crippen LogP contribution in [-0.4, -0.2) is 17.0 Å². The molecule has 0 heterocycles. The molecule has 0 aliphatic carbocycles. The molecule has 1 amide bonds. The third-order valence-corrected chi connectivity index (χ3v) is 3.36. The predicted octanol–water partition coefficient (Wildman–Crippen LogP) is 4.45. The number of para-hydroxylation sites is 1. The molecule has 2 N–H and O–H groups in total. The zero-order valence-corrected chi connectivity index (χ0v) is 13.1. The van der Waals surface area contributed by atoms with E-state index in [1.165, 1.54) is 43.3 Å². The van der Waals surface area contributed by atoms with Crippen LogP contribution in [-0.2, 0) is 11.0 Å². The molecule has 0 aromatic heterocycles. The number of carbonyl (C=O) groups excluding carboxylic acids is 1. The summed E-state index contributed by atoms with van der Waals surface area (Å²) < 4.78 is 38.1. The number of nitrogens with one attached hydrogen (secondary N) is 1. The van der Waals surface area contributed by atoms with Gasteiger partial charge in [0.1, 0.15) is 0 Å². The zero-order valence-electron chi connectivity index (χ0n) is 13.1. The Morgan fingerprint density at radius 3 is 2.40 bits per heavy atom. The van der Waals surface area contributed by atoms with Crippen molar-refractivity contribution in [2.45, 2.75) is 13.1 Å². The first-order valence-corrected chi connectivity index (χ1v) is 7.17. The van der Waals surface area contributed by atoms with Crippen molar-refractivity contribution in [3.8, 4) is 0 Å². The summed E-state index contributed by atoms with van der Waals surface area (Å²) in [5.41, 5.74) is -0.432. The molecule has 0 aliphatic heterocycles. The average Bonchev–Trinajstić information content (AvgIpc) is 2.54. The smallest absolute Gasteiger partial charge is 0.416 e. The van der Waals surface area contributed by atoms with E-state index < -0.39 is 23.6 Å². The fraction of sp³-hybridized carbons (Fsp3) is 0.111. The van der Waals surface area contributed by atoms with Gasteiger partial charge in [0.05, 0.1) is 16.8 Å². The lowest BCUT2D eigenvalue weighted by molar-refractivity contribution is -0.137. The van der Waals surface area contributed by atoms with E-state index in [2.05, 4.69) is 5.32 Å². The van der Waals surface area contributed by atoms with Crippen LogP contribution in [0, 0.1) is 0 Å². The monoisotopic (exact) mass is 349 g/mol. The molecule has 0 saturated carbocycles. The summed E-state index contributed by atoms with van der Waals surface area (Å²) in [5, 5.41) is 11.5. The summed E-state index contributed by atoms with van der Waals surface area (Å²) in [4.78, 5) is 23.3. The number of anilines is 1. The minimum absolute atomic E-state index is 0.0808. The Kier molecular flexibility index (Phi) is 5.26. The van der Waals surface area contributed by atoms with Crippen LogP contribution in [0.1, 0.15) is 28.4 Å². The van der Waals surface area contributed by atoms with E-state index >= 15 is 0 Å². The molecule has 130 valence electrons. The number of carbonyl (C=O) groups is 2. The van der Waals surface area contributed by atoms with Gasteiger partial charge in [0.25, 0.3) is 5.91 Å². The average molecular weight is 349 g/mol. The van der Waals surface area contributed by atoms with Crippen LogP contribution in [0.2, 0.25) is 0 Å². The third kappa shape index (κ3) is 4.69. The Hall–Kier alpha value is -3.09. The minimum Gasteiger partial charge on any atom is -0.478 e. The number of aromatic carboxylic acids is 1. The zero-order chi connectivity index (χ0) is 18.6. The fourth-order valence-electron chi connectivity index (χ4n) is 2.12. The molecule has 4 nitrogen and oxygen atoms in total. The summed E-state index contributed by atoms with van der Waals surface area (Å²) in [6, 6.07) is 10.4. The van der Waals surface area contributed by atoms with Crippen molar-refractivity contribution in [1.82, 2.24) is 0 Å². The summed E-state index contributed by atoms with van der Waals surface area (Å²) in [5.74, 6) is -1.80. The summed E-state index contributed by atoms with van der Waals surface area (Å²) in [6.45, 7) is 1.43. The van der Waals surface area contributed by atoms with Gasteiger partial charge in [-0.15, -0.1) is 0 Å². The number of alkyl halides is 3. The lowest BCUT2D eigenvalue weighted by Gasteiger charge is -2.09. The number of halogens is 3. The van der Waals surface area contributed by atoms with Crippen LogP contribution in [0.25, 0.3) is 6.08 Å². The molecule has 0 atom stereocenters. The first-order valence-electron chi connectivity index (χ1n) is 7.17. The SMILES string of the molecule is CC(=Cc1cccc(C(F)(F)F)c1)C(=O)Nc1ccccc1C(=O)O. The normalized spacial score (nSPS) is 11.9. The molecular weight excluding hydrogens is 335 g/mol. The Morgan fingerprint density at radius 2 is 1.76 bits per heavy atom. The standard InChI is InChI=1S/C18H14F3NO3/c1-11(9-12-5-4-6-13(10-12)18(19,20)21)16(23)22-15-8-3-2-7-14(15)17(24)25/h2-10H,1H3,(H,22,23)(H,24,25). The first kappa shape index (κ1) is 18.3. The molecule has 7 heteroatoms. The maximum atomic E-state index is 12.7. The van der Waals surface area contributed by atoms with Crippen molar-refractivity contribution < 1.29 is 27.9 Å². The maximum Gasteiger partial charge on any atom is 0.416 e. The van der Waals surface area contributed by atoms with Gasteiger partial charge >= 0.3 is 12.1 Å². The van der Waals surface area contributed by atoms with Gasteiger partial charge in [-0.1, -0.05) is 24.3 Å². The summed E-state index contributed by atoms with van der Waals surface area (Å²) in [7, 11) is 0. The van der Waals surface area contributed by atoms with Crippen molar-refractivity contribution in [2.24, 2.45) is 0 Å². The summed E-state index contributed by atoms with van der Waals surface area (Å²) >= 11 is 0. The number of carboxylic acids is 1. The van der Waals surface area contributed by atoms with E-state index in [-0.39, 0.29) is 22.4 Å².